The Kier molecular flexibility index (Phi) is 3.78. The number of fused-ring (bicyclic) bond motifs is 1. The molecule has 1 aromatic carbocycles. The molecule has 21 heavy (non-hydrogen) atoms. The van der Waals surface area contributed by atoms with Crippen molar-refractivity contribution >= 4 is 11.0 Å². The van der Waals surface area contributed by atoms with Crippen molar-refractivity contribution < 1.29 is 5.11 Å². The first-order valence-electron chi connectivity index (χ1n) is 8.14. The van der Waals surface area contributed by atoms with Crippen LogP contribution in [-0.2, 0) is 13.5 Å². The van der Waals surface area contributed by atoms with Gasteiger partial charge in [-0.25, -0.2) is 4.98 Å². The van der Waals surface area contributed by atoms with Crippen molar-refractivity contribution in [3.05, 3.63) is 30.1 Å². The Morgan fingerprint density at radius 2 is 2.10 bits per heavy atom. The van der Waals surface area contributed by atoms with E-state index in [0.29, 0.717) is 18.3 Å². The first kappa shape index (κ1) is 14.6. The highest BCUT2D eigenvalue weighted by Gasteiger charge is 2.41. The molecule has 3 nitrogen and oxygen atoms in total. The summed E-state index contributed by atoms with van der Waals surface area (Å²) in [5.41, 5.74) is 1.57. The highest BCUT2D eigenvalue weighted by atomic mass is 16.3. The van der Waals surface area contributed by atoms with Crippen LogP contribution in [0.2, 0.25) is 0 Å². The van der Waals surface area contributed by atoms with E-state index in [1.807, 2.05) is 18.2 Å². The van der Waals surface area contributed by atoms with Gasteiger partial charge in [0, 0.05) is 13.5 Å². The third-order valence-electron chi connectivity index (χ3n) is 5.21. The predicted octanol–water partition coefficient (Wildman–Crippen LogP) is 3.69. The second-order valence-electron chi connectivity index (χ2n) is 6.95. The van der Waals surface area contributed by atoms with Crippen molar-refractivity contribution in [2.24, 2.45) is 18.9 Å². The minimum atomic E-state index is -0.596. The molecule has 3 rings (SSSR count). The number of aryl methyl sites for hydroxylation is 1. The lowest BCUT2D eigenvalue weighted by Crippen LogP contribution is -2.45. The van der Waals surface area contributed by atoms with Gasteiger partial charge in [-0.05, 0) is 36.8 Å². The molecule has 1 heterocycles. The van der Waals surface area contributed by atoms with Gasteiger partial charge in [0.1, 0.15) is 5.82 Å². The van der Waals surface area contributed by atoms with Crippen molar-refractivity contribution in [3.8, 4) is 0 Å². The first-order chi connectivity index (χ1) is 10.0. The normalized spacial score (nSPS) is 26.6. The zero-order valence-electron chi connectivity index (χ0n) is 13.3. The van der Waals surface area contributed by atoms with Crippen LogP contribution in [0.5, 0.6) is 0 Å². The lowest BCUT2D eigenvalue weighted by Gasteiger charge is -2.42. The predicted molar refractivity (Wildman–Crippen MR) is 86.2 cm³/mol. The summed E-state index contributed by atoms with van der Waals surface area (Å²) in [7, 11) is 2.06. The summed E-state index contributed by atoms with van der Waals surface area (Å²) in [6, 6.07) is 8.20. The number of aromatic nitrogens is 2. The van der Waals surface area contributed by atoms with Crippen LogP contribution in [0.15, 0.2) is 24.3 Å². The van der Waals surface area contributed by atoms with E-state index in [1.54, 1.807) is 0 Å². The first-order valence-corrected chi connectivity index (χ1v) is 8.14. The molecule has 1 fully saturated rings. The molecule has 1 aliphatic rings. The largest absolute Gasteiger partial charge is 0.389 e. The number of benzene rings is 1. The molecule has 0 aliphatic heterocycles. The molecule has 3 heteroatoms. The summed E-state index contributed by atoms with van der Waals surface area (Å²) in [6.07, 6.45) is 5.08. The second-order valence-corrected chi connectivity index (χ2v) is 6.95. The SMILES string of the molecule is CC(C)C1CCCCC1(O)Cc1nc2ccccc2n1C. The molecule has 1 aromatic heterocycles. The molecular weight excluding hydrogens is 260 g/mol. The lowest BCUT2D eigenvalue weighted by atomic mass is 9.68. The Bertz CT molecular complexity index is 631. The van der Waals surface area contributed by atoms with E-state index >= 15 is 0 Å². The van der Waals surface area contributed by atoms with E-state index in [0.717, 1.165) is 36.1 Å². The van der Waals surface area contributed by atoms with E-state index in [1.165, 1.54) is 6.42 Å². The second kappa shape index (κ2) is 5.45. The molecule has 1 aliphatic carbocycles. The minimum Gasteiger partial charge on any atom is -0.389 e. The quantitative estimate of drug-likeness (QED) is 0.934. The number of hydrogen-bond acceptors (Lipinski definition) is 2. The van der Waals surface area contributed by atoms with E-state index in [4.69, 9.17) is 4.98 Å². The van der Waals surface area contributed by atoms with Crippen LogP contribution in [0, 0.1) is 11.8 Å². The third-order valence-corrected chi connectivity index (χ3v) is 5.21. The molecule has 114 valence electrons. The Labute approximate surface area is 127 Å². The Morgan fingerprint density at radius 3 is 2.81 bits per heavy atom. The minimum absolute atomic E-state index is 0.381. The fourth-order valence-corrected chi connectivity index (χ4v) is 4.05. The maximum atomic E-state index is 11.3. The average Bonchev–Trinajstić information content (AvgIpc) is 2.75. The van der Waals surface area contributed by atoms with Gasteiger partial charge in [-0.2, -0.15) is 0 Å². The van der Waals surface area contributed by atoms with Gasteiger partial charge in [-0.15, -0.1) is 0 Å². The van der Waals surface area contributed by atoms with Gasteiger partial charge >= 0.3 is 0 Å². The number of rotatable bonds is 3. The molecule has 0 amide bonds. The van der Waals surface area contributed by atoms with Crippen molar-refractivity contribution in [3.63, 3.8) is 0 Å². The summed E-state index contributed by atoms with van der Waals surface area (Å²) in [4.78, 5) is 4.75. The molecule has 1 saturated carbocycles. The van der Waals surface area contributed by atoms with E-state index in [-0.39, 0.29) is 0 Å². The maximum Gasteiger partial charge on any atom is 0.112 e. The van der Waals surface area contributed by atoms with Crippen LogP contribution >= 0.6 is 0 Å². The standard InChI is InChI=1S/C18H26N2O/c1-13(2)14-8-6-7-11-18(14,21)12-17-19-15-9-4-5-10-16(15)20(17)3/h4-5,9-10,13-14,21H,6-8,11-12H2,1-3H3. The molecule has 2 atom stereocenters. The van der Waals surface area contributed by atoms with Crippen LogP contribution in [0.4, 0.5) is 0 Å². The Morgan fingerprint density at radius 1 is 1.33 bits per heavy atom. The van der Waals surface area contributed by atoms with Gasteiger partial charge in [-0.3, -0.25) is 0 Å². The van der Waals surface area contributed by atoms with Gasteiger partial charge in [0.25, 0.3) is 0 Å². The van der Waals surface area contributed by atoms with Crippen LogP contribution < -0.4 is 0 Å². The van der Waals surface area contributed by atoms with E-state index in [2.05, 4.69) is 31.5 Å². The maximum absolute atomic E-state index is 11.3. The molecule has 1 N–H and O–H groups in total. The number of aliphatic hydroxyl groups is 1. The smallest absolute Gasteiger partial charge is 0.112 e. The Balaban J connectivity index is 1.94. The van der Waals surface area contributed by atoms with E-state index < -0.39 is 5.60 Å². The number of hydrogen-bond donors (Lipinski definition) is 1. The van der Waals surface area contributed by atoms with Crippen molar-refractivity contribution in [1.82, 2.24) is 9.55 Å². The topological polar surface area (TPSA) is 38.1 Å². The highest BCUT2D eigenvalue weighted by molar-refractivity contribution is 5.75. The molecule has 2 unspecified atom stereocenters. The number of para-hydroxylation sites is 2. The number of imidazole rings is 1. The zero-order valence-corrected chi connectivity index (χ0v) is 13.3. The Hall–Kier alpha value is -1.35. The monoisotopic (exact) mass is 286 g/mol. The van der Waals surface area contributed by atoms with E-state index in [9.17, 15) is 5.11 Å². The van der Waals surface area contributed by atoms with Gasteiger partial charge in [0.2, 0.25) is 0 Å². The van der Waals surface area contributed by atoms with Gasteiger partial charge in [-0.1, -0.05) is 38.8 Å². The van der Waals surface area contributed by atoms with Gasteiger partial charge in [0.05, 0.1) is 16.6 Å². The molecular formula is C18H26N2O. The van der Waals surface area contributed by atoms with Crippen LogP contribution in [0.1, 0.15) is 45.4 Å². The molecule has 0 spiro atoms. The third kappa shape index (κ3) is 2.59. The average molecular weight is 286 g/mol. The van der Waals surface area contributed by atoms with Gasteiger partial charge in [0.15, 0.2) is 0 Å². The molecule has 0 saturated heterocycles. The van der Waals surface area contributed by atoms with Crippen molar-refractivity contribution in [2.45, 2.75) is 51.6 Å². The van der Waals surface area contributed by atoms with Gasteiger partial charge < -0.3 is 9.67 Å². The summed E-state index contributed by atoms with van der Waals surface area (Å²) < 4.78 is 2.14. The van der Waals surface area contributed by atoms with Crippen molar-refractivity contribution in [2.75, 3.05) is 0 Å². The summed E-state index contributed by atoms with van der Waals surface area (Å²) in [5.74, 6) is 1.90. The molecule has 0 radical (unpaired) electrons. The number of nitrogens with zero attached hydrogens (tertiary/aromatic N) is 2. The van der Waals surface area contributed by atoms with Crippen molar-refractivity contribution in [1.29, 1.82) is 0 Å². The molecule has 2 aromatic rings. The van der Waals surface area contributed by atoms with Crippen LogP contribution in [0.3, 0.4) is 0 Å². The fourth-order valence-electron chi connectivity index (χ4n) is 4.05. The summed E-state index contributed by atoms with van der Waals surface area (Å²) in [6.45, 7) is 4.46. The zero-order chi connectivity index (χ0) is 15.0. The fraction of sp³-hybridized carbons (Fsp3) is 0.611. The summed E-state index contributed by atoms with van der Waals surface area (Å²) in [5, 5.41) is 11.3. The van der Waals surface area contributed by atoms with Crippen LogP contribution in [0.25, 0.3) is 11.0 Å². The highest BCUT2D eigenvalue weighted by Crippen LogP contribution is 2.40. The molecule has 0 bridgehead atoms. The lowest BCUT2D eigenvalue weighted by molar-refractivity contribution is -0.0668. The van der Waals surface area contributed by atoms with Crippen LogP contribution in [-0.4, -0.2) is 20.3 Å². The summed E-state index contributed by atoms with van der Waals surface area (Å²) >= 11 is 0.